The molecular formula is C14H18N4O3S. The molecule has 0 saturated heterocycles. The summed E-state index contributed by atoms with van der Waals surface area (Å²) >= 11 is 1.38. The zero-order valence-corrected chi connectivity index (χ0v) is 13.2. The molecule has 0 aromatic carbocycles. The number of rotatable bonds is 6. The summed E-state index contributed by atoms with van der Waals surface area (Å²) in [5, 5.41) is 24.0. The molecular weight excluding hydrogens is 304 g/mol. The van der Waals surface area contributed by atoms with Crippen LogP contribution in [0.25, 0.3) is 4.96 Å². The van der Waals surface area contributed by atoms with Gasteiger partial charge in [-0.25, -0.2) is 4.98 Å². The fraction of sp³-hybridized carbons (Fsp3) is 0.429. The van der Waals surface area contributed by atoms with Gasteiger partial charge in [0.05, 0.1) is 17.7 Å². The van der Waals surface area contributed by atoms with Gasteiger partial charge in [-0.15, -0.1) is 5.10 Å². The lowest BCUT2D eigenvalue weighted by Crippen LogP contribution is -2.27. The van der Waals surface area contributed by atoms with Crippen molar-refractivity contribution in [2.24, 2.45) is 0 Å². The van der Waals surface area contributed by atoms with E-state index >= 15 is 0 Å². The van der Waals surface area contributed by atoms with Crippen molar-refractivity contribution in [1.82, 2.24) is 19.5 Å². The number of likely N-dealkylation sites (N-methyl/N-ethyl adjacent to an activating group) is 1. The Balaban J connectivity index is 2.07. The summed E-state index contributed by atoms with van der Waals surface area (Å²) in [4.78, 5) is 7.66. The van der Waals surface area contributed by atoms with E-state index in [9.17, 15) is 10.2 Å². The van der Waals surface area contributed by atoms with Gasteiger partial charge < -0.3 is 14.6 Å². The van der Waals surface area contributed by atoms with Crippen molar-refractivity contribution >= 4 is 16.3 Å². The first kappa shape index (κ1) is 15.0. The van der Waals surface area contributed by atoms with Gasteiger partial charge in [0.1, 0.15) is 11.8 Å². The van der Waals surface area contributed by atoms with E-state index in [-0.39, 0.29) is 18.5 Å². The molecule has 0 spiro atoms. The quantitative estimate of drug-likeness (QED) is 0.718. The van der Waals surface area contributed by atoms with Crippen LogP contribution in [0.5, 0.6) is 5.88 Å². The Bertz CT molecular complexity index is 750. The molecule has 3 aromatic rings. The summed E-state index contributed by atoms with van der Waals surface area (Å²) in [7, 11) is 1.87. The first-order valence-electron chi connectivity index (χ1n) is 7.07. The Hall–Kier alpha value is -1.90. The Kier molecular flexibility index (Phi) is 4.14. The molecule has 0 amide bonds. The lowest BCUT2D eigenvalue weighted by atomic mass is 10.1. The number of nitrogens with zero attached hydrogens (tertiary/aromatic N) is 4. The third kappa shape index (κ3) is 2.49. The Labute approximate surface area is 131 Å². The molecule has 2 N–H and O–H groups in total. The van der Waals surface area contributed by atoms with Gasteiger partial charge >= 0.3 is 0 Å². The second-order valence-electron chi connectivity index (χ2n) is 4.99. The van der Waals surface area contributed by atoms with Crippen molar-refractivity contribution in [3.8, 4) is 5.88 Å². The molecule has 3 heterocycles. The average Bonchev–Trinajstić information content (AvgIpc) is 3.20. The minimum atomic E-state index is -0.291. The van der Waals surface area contributed by atoms with E-state index in [1.54, 1.807) is 12.3 Å². The highest BCUT2D eigenvalue weighted by molar-refractivity contribution is 7.17. The highest BCUT2D eigenvalue weighted by atomic mass is 32.1. The Morgan fingerprint density at radius 3 is 2.91 bits per heavy atom. The number of hydrogen-bond acceptors (Lipinski definition) is 7. The maximum Gasteiger partial charge on any atom is 0.230 e. The molecule has 0 radical (unpaired) electrons. The molecule has 0 aliphatic heterocycles. The molecule has 0 aliphatic rings. The lowest BCUT2D eigenvalue weighted by molar-refractivity contribution is 0.184. The zero-order chi connectivity index (χ0) is 15.7. The van der Waals surface area contributed by atoms with Gasteiger partial charge in [0, 0.05) is 13.0 Å². The number of aryl methyl sites for hydroxylation is 1. The molecule has 22 heavy (non-hydrogen) atoms. The molecule has 3 aromatic heterocycles. The molecule has 0 fully saturated rings. The maximum atomic E-state index is 10.5. The second-order valence-corrected chi connectivity index (χ2v) is 6.00. The van der Waals surface area contributed by atoms with Crippen LogP contribution in [0.1, 0.15) is 29.4 Å². The average molecular weight is 322 g/mol. The predicted molar refractivity (Wildman–Crippen MR) is 82.2 cm³/mol. The smallest absolute Gasteiger partial charge is 0.230 e. The van der Waals surface area contributed by atoms with E-state index in [1.807, 2.05) is 24.9 Å². The van der Waals surface area contributed by atoms with Crippen LogP contribution in [-0.2, 0) is 6.42 Å². The number of aromatic hydroxyl groups is 1. The Morgan fingerprint density at radius 2 is 2.32 bits per heavy atom. The van der Waals surface area contributed by atoms with Gasteiger partial charge in [0.15, 0.2) is 5.82 Å². The van der Waals surface area contributed by atoms with Gasteiger partial charge in [0.25, 0.3) is 0 Å². The van der Waals surface area contributed by atoms with Crippen molar-refractivity contribution in [3.63, 3.8) is 0 Å². The molecule has 7 nitrogen and oxygen atoms in total. The molecule has 8 heteroatoms. The first-order chi connectivity index (χ1) is 10.7. The largest absolute Gasteiger partial charge is 0.492 e. The van der Waals surface area contributed by atoms with Crippen LogP contribution in [0, 0.1) is 0 Å². The van der Waals surface area contributed by atoms with Crippen LogP contribution in [0.15, 0.2) is 22.8 Å². The zero-order valence-electron chi connectivity index (χ0n) is 12.4. The normalized spacial score (nSPS) is 13.3. The summed E-state index contributed by atoms with van der Waals surface area (Å²) < 4.78 is 6.97. The molecule has 118 valence electrons. The molecule has 3 rings (SSSR count). The van der Waals surface area contributed by atoms with Gasteiger partial charge in [-0.05, 0) is 19.2 Å². The number of thiazole rings is 1. The monoisotopic (exact) mass is 322 g/mol. The molecule has 1 atom stereocenters. The summed E-state index contributed by atoms with van der Waals surface area (Å²) in [6.45, 7) is 2.45. The molecule has 0 bridgehead atoms. The Morgan fingerprint density at radius 1 is 1.50 bits per heavy atom. The molecule has 0 saturated carbocycles. The van der Waals surface area contributed by atoms with E-state index in [4.69, 9.17) is 4.42 Å². The van der Waals surface area contributed by atoms with Crippen LogP contribution >= 0.6 is 11.3 Å². The maximum absolute atomic E-state index is 10.5. The van der Waals surface area contributed by atoms with Gasteiger partial charge in [-0.1, -0.05) is 18.3 Å². The van der Waals surface area contributed by atoms with Crippen LogP contribution < -0.4 is 0 Å². The summed E-state index contributed by atoms with van der Waals surface area (Å²) in [6, 6.07) is 3.37. The lowest BCUT2D eigenvalue weighted by Gasteiger charge is -2.24. The van der Waals surface area contributed by atoms with Crippen LogP contribution in [-0.4, -0.2) is 49.9 Å². The topological polar surface area (TPSA) is 87.0 Å². The van der Waals surface area contributed by atoms with E-state index in [1.165, 1.54) is 15.9 Å². The van der Waals surface area contributed by atoms with Gasteiger partial charge in [-0.2, -0.15) is 4.52 Å². The number of aliphatic hydroxyl groups excluding tert-OH is 1. The van der Waals surface area contributed by atoms with Crippen LogP contribution in [0.2, 0.25) is 0 Å². The highest BCUT2D eigenvalue weighted by Gasteiger charge is 2.29. The van der Waals surface area contributed by atoms with Gasteiger partial charge in [0.2, 0.25) is 10.8 Å². The SMILES string of the molecule is CCc1nc2sc(C(c3ccco3)N(C)CCO)c(O)n2n1. The van der Waals surface area contributed by atoms with Crippen LogP contribution in [0.4, 0.5) is 0 Å². The fourth-order valence-electron chi connectivity index (χ4n) is 2.40. The van der Waals surface area contributed by atoms with Crippen molar-refractivity contribution < 1.29 is 14.6 Å². The summed E-state index contributed by atoms with van der Waals surface area (Å²) in [5.41, 5.74) is 0. The predicted octanol–water partition coefficient (Wildman–Crippen LogP) is 1.67. The third-order valence-corrected chi connectivity index (χ3v) is 4.59. The minimum Gasteiger partial charge on any atom is -0.492 e. The number of aliphatic hydroxyl groups is 1. The van der Waals surface area contributed by atoms with E-state index in [0.29, 0.717) is 28.0 Å². The van der Waals surface area contributed by atoms with Crippen molar-refractivity contribution in [2.75, 3.05) is 20.2 Å². The molecule has 0 aliphatic carbocycles. The first-order valence-corrected chi connectivity index (χ1v) is 7.89. The summed E-state index contributed by atoms with van der Waals surface area (Å²) in [5.74, 6) is 1.47. The summed E-state index contributed by atoms with van der Waals surface area (Å²) in [6.07, 6.45) is 2.31. The molecule has 1 unspecified atom stereocenters. The standard InChI is InChI=1S/C14H18N4O3S/c1-3-10-15-14-18(16-10)13(20)12(22-14)11(17(2)6-7-19)9-5-4-8-21-9/h4-5,8,11,19-20H,3,6-7H2,1-2H3. The third-order valence-electron chi connectivity index (χ3n) is 3.51. The minimum absolute atomic E-state index is 0.0230. The van der Waals surface area contributed by atoms with E-state index in [0.717, 1.165) is 6.42 Å². The number of fused-ring (bicyclic) bond motifs is 1. The fourth-order valence-corrected chi connectivity index (χ4v) is 3.55. The number of furan rings is 1. The highest BCUT2D eigenvalue weighted by Crippen LogP contribution is 2.39. The second kappa shape index (κ2) is 6.07. The van der Waals surface area contributed by atoms with Crippen molar-refractivity contribution in [2.45, 2.75) is 19.4 Å². The van der Waals surface area contributed by atoms with Crippen LogP contribution in [0.3, 0.4) is 0 Å². The van der Waals surface area contributed by atoms with E-state index < -0.39 is 0 Å². The number of aromatic nitrogens is 3. The van der Waals surface area contributed by atoms with Crippen molar-refractivity contribution in [1.29, 1.82) is 0 Å². The van der Waals surface area contributed by atoms with E-state index in [2.05, 4.69) is 10.1 Å². The van der Waals surface area contributed by atoms with Gasteiger partial charge in [-0.3, -0.25) is 4.90 Å². The number of hydrogen-bond donors (Lipinski definition) is 2. The van der Waals surface area contributed by atoms with Crippen molar-refractivity contribution in [3.05, 3.63) is 34.9 Å².